The monoisotopic (exact) mass is 252 g/mol. The average molecular weight is 252 g/mol. The number of rotatable bonds is 4. The molecule has 0 aliphatic carbocycles. The Morgan fingerprint density at radius 2 is 2.00 bits per heavy atom. The second-order valence-electron chi connectivity index (χ2n) is 4.21. The number of hydrogen-bond donors (Lipinski definition) is 0. The summed E-state index contributed by atoms with van der Waals surface area (Å²) in [6.45, 7) is 0.627. The normalized spacial score (nSPS) is 10.5. The Labute approximate surface area is 110 Å². The van der Waals surface area contributed by atoms with E-state index in [-0.39, 0.29) is 0 Å². The van der Waals surface area contributed by atoms with Crippen molar-refractivity contribution in [1.82, 2.24) is 9.78 Å². The molecule has 0 unspecified atom stereocenters. The summed E-state index contributed by atoms with van der Waals surface area (Å²) in [6.07, 6.45) is 4.10. The van der Waals surface area contributed by atoms with E-state index in [0.717, 1.165) is 11.8 Å². The van der Waals surface area contributed by atoms with Crippen LogP contribution in [0.2, 0.25) is 0 Å². The second kappa shape index (κ2) is 4.94. The molecule has 19 heavy (non-hydrogen) atoms. The molecule has 0 bridgehead atoms. The van der Waals surface area contributed by atoms with Gasteiger partial charge in [-0.15, -0.1) is 0 Å². The van der Waals surface area contributed by atoms with Crippen LogP contribution in [0.3, 0.4) is 0 Å². The summed E-state index contributed by atoms with van der Waals surface area (Å²) in [5.41, 5.74) is 2.25. The van der Waals surface area contributed by atoms with Gasteiger partial charge in [0.2, 0.25) is 0 Å². The van der Waals surface area contributed by atoms with Gasteiger partial charge in [-0.2, -0.15) is 5.10 Å². The van der Waals surface area contributed by atoms with Crippen molar-refractivity contribution in [2.45, 2.75) is 6.54 Å². The van der Waals surface area contributed by atoms with Crippen molar-refractivity contribution >= 4 is 6.29 Å². The van der Waals surface area contributed by atoms with Crippen molar-refractivity contribution in [3.8, 4) is 11.5 Å². The number of hydrogen-bond acceptors (Lipinski definition) is 3. The van der Waals surface area contributed by atoms with Crippen LogP contribution >= 0.6 is 0 Å². The molecular weight excluding hydrogens is 240 g/mol. The number of carbonyl (C=O) groups is 1. The molecule has 94 valence electrons. The van der Waals surface area contributed by atoms with Gasteiger partial charge in [-0.05, 0) is 17.7 Å². The third-order valence-electron chi connectivity index (χ3n) is 2.86. The molecule has 0 saturated heterocycles. The zero-order chi connectivity index (χ0) is 13.1. The van der Waals surface area contributed by atoms with E-state index in [1.807, 2.05) is 30.3 Å². The van der Waals surface area contributed by atoms with Gasteiger partial charge in [0.15, 0.2) is 12.0 Å². The zero-order valence-electron chi connectivity index (χ0n) is 10.2. The lowest BCUT2D eigenvalue weighted by atomic mass is 10.2. The molecule has 0 fully saturated rings. The smallest absolute Gasteiger partial charge is 0.154 e. The number of aromatic nitrogens is 2. The van der Waals surface area contributed by atoms with Crippen LogP contribution in [-0.2, 0) is 6.54 Å². The number of benzene rings is 1. The van der Waals surface area contributed by atoms with E-state index in [0.29, 0.717) is 23.6 Å². The van der Waals surface area contributed by atoms with Gasteiger partial charge in [-0.25, -0.2) is 0 Å². The molecule has 0 aliphatic rings. The van der Waals surface area contributed by atoms with Crippen LogP contribution in [0.15, 0.2) is 59.3 Å². The van der Waals surface area contributed by atoms with E-state index in [4.69, 9.17) is 4.42 Å². The number of carbonyl (C=O) groups excluding carboxylic acids is 1. The van der Waals surface area contributed by atoms with Gasteiger partial charge in [0.05, 0.1) is 18.4 Å². The third kappa shape index (κ3) is 2.33. The van der Waals surface area contributed by atoms with Crippen molar-refractivity contribution in [3.05, 3.63) is 66.1 Å². The summed E-state index contributed by atoms with van der Waals surface area (Å²) in [4.78, 5) is 11.1. The Morgan fingerprint density at radius 1 is 1.16 bits per heavy atom. The highest BCUT2D eigenvalue weighted by atomic mass is 16.3. The summed E-state index contributed by atoms with van der Waals surface area (Å²) in [5.74, 6) is 0.605. The standard InChI is InChI=1S/C15H12N2O2/c18-11-13-10-17(9-12-5-2-1-3-6-12)16-15(13)14-7-4-8-19-14/h1-8,10-11H,9H2. The van der Waals surface area contributed by atoms with E-state index in [2.05, 4.69) is 5.10 Å². The van der Waals surface area contributed by atoms with Gasteiger partial charge in [0, 0.05) is 6.20 Å². The minimum Gasteiger partial charge on any atom is -0.463 e. The van der Waals surface area contributed by atoms with Crippen LogP contribution in [0.1, 0.15) is 15.9 Å². The summed E-state index contributed by atoms with van der Waals surface area (Å²) < 4.78 is 7.04. The summed E-state index contributed by atoms with van der Waals surface area (Å²) in [5, 5.41) is 4.41. The van der Waals surface area contributed by atoms with Gasteiger partial charge in [-0.1, -0.05) is 30.3 Å². The molecule has 0 saturated carbocycles. The SMILES string of the molecule is O=Cc1cn(Cc2ccccc2)nc1-c1ccco1. The summed E-state index contributed by atoms with van der Waals surface area (Å²) in [6, 6.07) is 13.5. The highest BCUT2D eigenvalue weighted by Crippen LogP contribution is 2.21. The summed E-state index contributed by atoms with van der Waals surface area (Å²) in [7, 11) is 0. The Hall–Kier alpha value is -2.62. The molecule has 3 aromatic rings. The molecule has 3 rings (SSSR count). The molecule has 1 aromatic carbocycles. The molecule has 4 heteroatoms. The van der Waals surface area contributed by atoms with Gasteiger partial charge >= 0.3 is 0 Å². The van der Waals surface area contributed by atoms with E-state index in [1.54, 1.807) is 29.3 Å². The van der Waals surface area contributed by atoms with Gasteiger partial charge < -0.3 is 4.42 Å². The minimum atomic E-state index is 0.533. The van der Waals surface area contributed by atoms with E-state index in [1.165, 1.54) is 0 Å². The van der Waals surface area contributed by atoms with Crippen LogP contribution in [0.5, 0.6) is 0 Å². The predicted octanol–water partition coefficient (Wildman–Crippen LogP) is 3.00. The van der Waals surface area contributed by atoms with Crippen LogP contribution < -0.4 is 0 Å². The topological polar surface area (TPSA) is 48.0 Å². The van der Waals surface area contributed by atoms with Crippen molar-refractivity contribution in [1.29, 1.82) is 0 Å². The molecule has 0 N–H and O–H groups in total. The van der Waals surface area contributed by atoms with E-state index in [9.17, 15) is 4.79 Å². The van der Waals surface area contributed by atoms with Gasteiger partial charge in [0.25, 0.3) is 0 Å². The Balaban J connectivity index is 1.94. The van der Waals surface area contributed by atoms with E-state index < -0.39 is 0 Å². The fourth-order valence-corrected chi connectivity index (χ4v) is 1.98. The molecule has 0 amide bonds. The van der Waals surface area contributed by atoms with Crippen LogP contribution in [0.25, 0.3) is 11.5 Å². The molecule has 2 aromatic heterocycles. The Morgan fingerprint density at radius 3 is 2.68 bits per heavy atom. The van der Waals surface area contributed by atoms with Crippen molar-refractivity contribution in [2.75, 3.05) is 0 Å². The quantitative estimate of drug-likeness (QED) is 0.670. The second-order valence-corrected chi connectivity index (χ2v) is 4.21. The molecular formula is C15H12N2O2. The van der Waals surface area contributed by atoms with Crippen LogP contribution in [-0.4, -0.2) is 16.1 Å². The maximum atomic E-state index is 11.1. The molecule has 2 heterocycles. The fourth-order valence-electron chi connectivity index (χ4n) is 1.98. The molecule has 4 nitrogen and oxygen atoms in total. The highest BCUT2D eigenvalue weighted by Gasteiger charge is 2.12. The number of aldehydes is 1. The minimum absolute atomic E-state index is 0.533. The first kappa shape index (κ1) is 11.5. The lowest BCUT2D eigenvalue weighted by molar-refractivity contribution is 0.112. The zero-order valence-corrected chi connectivity index (χ0v) is 10.2. The first-order chi connectivity index (χ1) is 9.36. The number of nitrogens with zero attached hydrogens (tertiary/aromatic N) is 2. The van der Waals surface area contributed by atoms with Crippen LogP contribution in [0.4, 0.5) is 0 Å². The fraction of sp³-hybridized carbons (Fsp3) is 0.0667. The lowest BCUT2D eigenvalue weighted by Crippen LogP contribution is -1.99. The number of furan rings is 1. The molecule has 0 spiro atoms. The largest absolute Gasteiger partial charge is 0.463 e. The molecule has 0 radical (unpaired) electrons. The average Bonchev–Trinajstić information content (AvgIpc) is 3.08. The lowest BCUT2D eigenvalue weighted by Gasteiger charge is -2.00. The van der Waals surface area contributed by atoms with Gasteiger partial charge in [-0.3, -0.25) is 9.48 Å². The van der Waals surface area contributed by atoms with E-state index >= 15 is 0 Å². The summed E-state index contributed by atoms with van der Waals surface area (Å²) >= 11 is 0. The van der Waals surface area contributed by atoms with Crippen LogP contribution in [0, 0.1) is 0 Å². The van der Waals surface area contributed by atoms with Crippen molar-refractivity contribution < 1.29 is 9.21 Å². The third-order valence-corrected chi connectivity index (χ3v) is 2.86. The Kier molecular flexibility index (Phi) is 2.98. The maximum absolute atomic E-state index is 11.1. The van der Waals surface area contributed by atoms with Crippen molar-refractivity contribution in [2.24, 2.45) is 0 Å². The molecule has 0 aliphatic heterocycles. The predicted molar refractivity (Wildman–Crippen MR) is 70.9 cm³/mol. The van der Waals surface area contributed by atoms with Crippen molar-refractivity contribution in [3.63, 3.8) is 0 Å². The maximum Gasteiger partial charge on any atom is 0.154 e. The first-order valence-electron chi connectivity index (χ1n) is 5.97. The van der Waals surface area contributed by atoms with Gasteiger partial charge in [0.1, 0.15) is 5.69 Å². The molecule has 0 atom stereocenters. The Bertz CT molecular complexity index is 670. The highest BCUT2D eigenvalue weighted by molar-refractivity contribution is 5.83. The first-order valence-corrected chi connectivity index (χ1v) is 5.97.